The number of nitro benzene ring substituents is 1. The third-order valence-corrected chi connectivity index (χ3v) is 3.13. The highest BCUT2D eigenvalue weighted by molar-refractivity contribution is 5.95. The third kappa shape index (κ3) is 3.76. The zero-order valence-electron chi connectivity index (χ0n) is 12.2. The van der Waals surface area contributed by atoms with E-state index >= 15 is 0 Å². The molecule has 22 heavy (non-hydrogen) atoms. The minimum absolute atomic E-state index is 0.0878. The molecule has 0 aliphatic carbocycles. The van der Waals surface area contributed by atoms with Crippen LogP contribution in [0.15, 0.2) is 47.6 Å². The number of hydrogen-bond donors (Lipinski definition) is 1. The fourth-order valence-electron chi connectivity index (χ4n) is 1.83. The third-order valence-electron chi connectivity index (χ3n) is 3.13. The Morgan fingerprint density at radius 1 is 1.18 bits per heavy atom. The smallest absolute Gasteiger partial charge is 0.267 e. The molecule has 6 nitrogen and oxygen atoms in total. The molecule has 0 saturated carbocycles. The van der Waals surface area contributed by atoms with Crippen LogP contribution in [-0.4, -0.2) is 17.0 Å². The average Bonchev–Trinajstić information content (AvgIpc) is 2.49. The monoisotopic (exact) mass is 297 g/mol. The van der Waals surface area contributed by atoms with Gasteiger partial charge in [0.1, 0.15) is 0 Å². The summed E-state index contributed by atoms with van der Waals surface area (Å²) in [5, 5.41) is 14.7. The number of nitrogens with one attached hydrogen (secondary N) is 1. The summed E-state index contributed by atoms with van der Waals surface area (Å²) >= 11 is 0. The number of aryl methyl sites for hydroxylation is 2. The van der Waals surface area contributed by atoms with Crippen LogP contribution in [0.4, 0.5) is 5.69 Å². The Morgan fingerprint density at radius 3 is 2.50 bits per heavy atom. The van der Waals surface area contributed by atoms with Gasteiger partial charge in [-0.3, -0.25) is 14.9 Å². The van der Waals surface area contributed by atoms with Gasteiger partial charge in [-0.05, 0) is 25.5 Å². The van der Waals surface area contributed by atoms with Gasteiger partial charge in [-0.15, -0.1) is 0 Å². The van der Waals surface area contributed by atoms with Crippen LogP contribution in [0, 0.1) is 24.0 Å². The predicted molar refractivity (Wildman–Crippen MR) is 84.1 cm³/mol. The van der Waals surface area contributed by atoms with Crippen molar-refractivity contribution in [3.05, 3.63) is 74.8 Å². The van der Waals surface area contributed by atoms with Gasteiger partial charge in [0.2, 0.25) is 0 Å². The SMILES string of the molecule is Cc1ccc(/C=N\NC(=O)c2ccc(C)c([N+](=O)[O-])c2)cc1. The fraction of sp³-hybridized carbons (Fsp3) is 0.125. The Kier molecular flexibility index (Phi) is 4.63. The van der Waals surface area contributed by atoms with Gasteiger partial charge in [0, 0.05) is 17.2 Å². The first kappa shape index (κ1) is 15.4. The van der Waals surface area contributed by atoms with Crippen molar-refractivity contribution in [1.82, 2.24) is 5.43 Å². The van der Waals surface area contributed by atoms with Gasteiger partial charge in [0.15, 0.2) is 0 Å². The Morgan fingerprint density at radius 2 is 1.86 bits per heavy atom. The summed E-state index contributed by atoms with van der Waals surface area (Å²) in [5.41, 5.74) is 4.95. The van der Waals surface area contributed by atoms with Gasteiger partial charge in [0.05, 0.1) is 11.1 Å². The van der Waals surface area contributed by atoms with Crippen molar-refractivity contribution < 1.29 is 9.72 Å². The van der Waals surface area contributed by atoms with E-state index in [1.807, 2.05) is 31.2 Å². The zero-order chi connectivity index (χ0) is 16.1. The van der Waals surface area contributed by atoms with E-state index in [-0.39, 0.29) is 11.3 Å². The molecular weight excluding hydrogens is 282 g/mol. The molecule has 0 unspecified atom stereocenters. The van der Waals surface area contributed by atoms with Crippen molar-refractivity contribution in [2.24, 2.45) is 5.10 Å². The number of nitrogens with zero attached hydrogens (tertiary/aromatic N) is 2. The van der Waals surface area contributed by atoms with Gasteiger partial charge in [-0.1, -0.05) is 35.9 Å². The number of hydrogen-bond acceptors (Lipinski definition) is 4. The lowest BCUT2D eigenvalue weighted by atomic mass is 10.1. The Balaban J connectivity index is 2.08. The lowest BCUT2D eigenvalue weighted by molar-refractivity contribution is -0.385. The molecule has 1 N–H and O–H groups in total. The maximum absolute atomic E-state index is 11.9. The normalized spacial score (nSPS) is 10.6. The van der Waals surface area contributed by atoms with Crippen LogP contribution in [0.1, 0.15) is 27.0 Å². The van der Waals surface area contributed by atoms with E-state index in [1.54, 1.807) is 6.92 Å². The quantitative estimate of drug-likeness (QED) is 0.535. The van der Waals surface area contributed by atoms with Crippen LogP contribution >= 0.6 is 0 Å². The second-order valence-corrected chi connectivity index (χ2v) is 4.87. The molecule has 0 fully saturated rings. The molecule has 0 spiro atoms. The number of benzene rings is 2. The van der Waals surface area contributed by atoms with Gasteiger partial charge >= 0.3 is 0 Å². The van der Waals surface area contributed by atoms with Gasteiger partial charge < -0.3 is 0 Å². The van der Waals surface area contributed by atoms with E-state index in [9.17, 15) is 14.9 Å². The van der Waals surface area contributed by atoms with Crippen molar-refractivity contribution in [3.63, 3.8) is 0 Å². The highest BCUT2D eigenvalue weighted by Gasteiger charge is 2.14. The average molecular weight is 297 g/mol. The lowest BCUT2D eigenvalue weighted by Crippen LogP contribution is -2.17. The number of carbonyl (C=O) groups is 1. The number of hydrazone groups is 1. The largest absolute Gasteiger partial charge is 0.273 e. The topological polar surface area (TPSA) is 84.6 Å². The summed E-state index contributed by atoms with van der Waals surface area (Å²) in [5.74, 6) is -0.494. The predicted octanol–water partition coefficient (Wildman–Crippen LogP) is 2.98. The summed E-state index contributed by atoms with van der Waals surface area (Å²) in [7, 11) is 0. The minimum Gasteiger partial charge on any atom is -0.267 e. The molecule has 0 radical (unpaired) electrons. The van der Waals surface area contributed by atoms with Crippen molar-refractivity contribution in [2.45, 2.75) is 13.8 Å². The van der Waals surface area contributed by atoms with E-state index in [2.05, 4.69) is 10.5 Å². The van der Waals surface area contributed by atoms with E-state index in [4.69, 9.17) is 0 Å². The molecule has 0 bridgehead atoms. The van der Waals surface area contributed by atoms with Crippen LogP contribution in [0.2, 0.25) is 0 Å². The maximum Gasteiger partial charge on any atom is 0.273 e. The van der Waals surface area contributed by atoms with Gasteiger partial charge in [-0.2, -0.15) is 5.10 Å². The number of nitro groups is 1. The molecule has 6 heteroatoms. The van der Waals surface area contributed by atoms with Crippen molar-refractivity contribution in [3.8, 4) is 0 Å². The van der Waals surface area contributed by atoms with Crippen molar-refractivity contribution in [1.29, 1.82) is 0 Å². The molecule has 1 amide bonds. The van der Waals surface area contributed by atoms with E-state index < -0.39 is 10.8 Å². The molecule has 2 rings (SSSR count). The first-order valence-electron chi connectivity index (χ1n) is 6.62. The van der Waals surface area contributed by atoms with E-state index in [1.165, 1.54) is 24.4 Å². The number of amides is 1. The van der Waals surface area contributed by atoms with E-state index in [0.29, 0.717) is 5.56 Å². The van der Waals surface area contributed by atoms with Crippen LogP contribution in [-0.2, 0) is 0 Å². The summed E-state index contributed by atoms with van der Waals surface area (Å²) in [4.78, 5) is 22.3. The summed E-state index contributed by atoms with van der Waals surface area (Å²) < 4.78 is 0. The fourth-order valence-corrected chi connectivity index (χ4v) is 1.83. The number of carbonyl (C=O) groups excluding carboxylic acids is 1. The molecule has 112 valence electrons. The Labute approximate surface area is 127 Å². The van der Waals surface area contributed by atoms with Crippen LogP contribution in [0.25, 0.3) is 0 Å². The van der Waals surface area contributed by atoms with Gasteiger partial charge in [0.25, 0.3) is 11.6 Å². The summed E-state index contributed by atoms with van der Waals surface area (Å²) in [6.07, 6.45) is 1.51. The molecule has 0 atom stereocenters. The second-order valence-electron chi connectivity index (χ2n) is 4.87. The van der Waals surface area contributed by atoms with Crippen LogP contribution in [0.3, 0.4) is 0 Å². The van der Waals surface area contributed by atoms with Crippen LogP contribution < -0.4 is 5.43 Å². The highest BCUT2D eigenvalue weighted by atomic mass is 16.6. The first-order chi connectivity index (χ1) is 10.5. The Hall–Kier alpha value is -3.02. The van der Waals surface area contributed by atoms with Crippen molar-refractivity contribution >= 4 is 17.8 Å². The molecule has 0 saturated heterocycles. The molecule has 2 aromatic carbocycles. The molecule has 0 heterocycles. The Bertz CT molecular complexity index is 737. The highest BCUT2D eigenvalue weighted by Crippen LogP contribution is 2.19. The van der Waals surface area contributed by atoms with Crippen LogP contribution in [0.5, 0.6) is 0 Å². The maximum atomic E-state index is 11.9. The zero-order valence-corrected chi connectivity index (χ0v) is 12.2. The molecule has 0 aromatic heterocycles. The molecule has 2 aromatic rings. The minimum atomic E-state index is -0.512. The van der Waals surface area contributed by atoms with E-state index in [0.717, 1.165) is 11.1 Å². The summed E-state index contributed by atoms with van der Waals surface area (Å²) in [6.45, 7) is 3.60. The second kappa shape index (κ2) is 6.62. The standard InChI is InChI=1S/C16H15N3O3/c1-11-3-6-13(7-4-11)10-17-18-16(20)14-8-5-12(2)15(9-14)19(21)22/h3-10H,1-2H3,(H,18,20)/b17-10-. The number of rotatable bonds is 4. The lowest BCUT2D eigenvalue weighted by Gasteiger charge is -2.02. The first-order valence-corrected chi connectivity index (χ1v) is 6.62. The summed E-state index contributed by atoms with van der Waals surface area (Å²) in [6, 6.07) is 11.9. The molecular formula is C16H15N3O3. The molecule has 0 aliphatic rings. The van der Waals surface area contributed by atoms with Gasteiger partial charge in [-0.25, -0.2) is 5.43 Å². The molecule has 0 aliphatic heterocycles. The van der Waals surface area contributed by atoms with Crippen molar-refractivity contribution in [2.75, 3.05) is 0 Å².